The lowest BCUT2D eigenvalue weighted by atomic mass is 10.2. The Hall–Kier alpha value is -3.75. The maximum absolute atomic E-state index is 13.7. The molecule has 0 bridgehead atoms. The van der Waals surface area contributed by atoms with E-state index in [4.69, 9.17) is 5.73 Å². The summed E-state index contributed by atoms with van der Waals surface area (Å²) in [6, 6.07) is 4.85. The van der Waals surface area contributed by atoms with Crippen LogP contribution in [0, 0.1) is 5.95 Å². The summed E-state index contributed by atoms with van der Waals surface area (Å²) < 4.78 is 15.4. The van der Waals surface area contributed by atoms with Gasteiger partial charge in [0.1, 0.15) is 5.65 Å². The van der Waals surface area contributed by atoms with Crippen LogP contribution in [0.15, 0.2) is 43.0 Å². The van der Waals surface area contributed by atoms with Gasteiger partial charge >= 0.3 is 0 Å². The van der Waals surface area contributed by atoms with Crippen molar-refractivity contribution in [1.82, 2.24) is 24.7 Å². The second-order valence-electron chi connectivity index (χ2n) is 5.81. The van der Waals surface area contributed by atoms with Crippen molar-refractivity contribution in [2.45, 2.75) is 0 Å². The Balaban J connectivity index is 1.64. The number of hydrogen-bond acceptors (Lipinski definition) is 5. The normalized spacial score (nSPS) is 11.0. The molecule has 0 saturated carbocycles. The lowest BCUT2D eigenvalue weighted by Gasteiger charge is -2.06. The van der Waals surface area contributed by atoms with Crippen LogP contribution in [0.4, 0.5) is 15.8 Å². The number of halogens is 1. The van der Waals surface area contributed by atoms with Crippen molar-refractivity contribution < 1.29 is 9.18 Å². The molecule has 0 saturated heterocycles. The lowest BCUT2D eigenvalue weighted by Crippen LogP contribution is -2.14. The van der Waals surface area contributed by atoms with Gasteiger partial charge in [-0.1, -0.05) is 0 Å². The molecule has 4 heterocycles. The van der Waals surface area contributed by atoms with Gasteiger partial charge in [0.15, 0.2) is 0 Å². The molecule has 130 valence electrons. The predicted octanol–water partition coefficient (Wildman–Crippen LogP) is 2.33. The fourth-order valence-electron chi connectivity index (χ4n) is 2.60. The zero-order valence-corrected chi connectivity index (χ0v) is 13.7. The van der Waals surface area contributed by atoms with Gasteiger partial charge in [-0.25, -0.2) is 9.97 Å². The zero-order valence-electron chi connectivity index (χ0n) is 13.7. The van der Waals surface area contributed by atoms with Gasteiger partial charge in [-0.05, 0) is 18.2 Å². The number of pyridine rings is 2. The van der Waals surface area contributed by atoms with Gasteiger partial charge in [0.25, 0.3) is 5.91 Å². The van der Waals surface area contributed by atoms with Crippen LogP contribution in [-0.4, -0.2) is 30.6 Å². The third-order valence-corrected chi connectivity index (χ3v) is 3.86. The first-order chi connectivity index (χ1) is 12.5. The average molecular weight is 351 g/mol. The predicted molar refractivity (Wildman–Crippen MR) is 94.9 cm³/mol. The van der Waals surface area contributed by atoms with E-state index in [0.29, 0.717) is 5.65 Å². The fourth-order valence-corrected chi connectivity index (χ4v) is 2.60. The molecule has 1 amide bonds. The van der Waals surface area contributed by atoms with Gasteiger partial charge in [-0.2, -0.15) is 9.49 Å². The van der Waals surface area contributed by atoms with Crippen molar-refractivity contribution in [2.75, 3.05) is 11.1 Å². The first kappa shape index (κ1) is 15.8. The number of anilines is 2. The molecule has 0 atom stereocenters. The van der Waals surface area contributed by atoms with Crippen LogP contribution < -0.4 is 11.1 Å². The van der Waals surface area contributed by atoms with Crippen LogP contribution in [0.2, 0.25) is 0 Å². The average Bonchev–Trinajstić information content (AvgIpc) is 3.23. The van der Waals surface area contributed by atoms with Gasteiger partial charge in [-0.15, -0.1) is 0 Å². The van der Waals surface area contributed by atoms with Crippen molar-refractivity contribution in [3.05, 3.63) is 54.5 Å². The number of nitrogen functional groups attached to an aromatic ring is 1. The first-order valence-electron chi connectivity index (χ1n) is 7.70. The molecule has 0 unspecified atom stereocenters. The van der Waals surface area contributed by atoms with E-state index in [-0.39, 0.29) is 16.9 Å². The van der Waals surface area contributed by atoms with Crippen LogP contribution in [0.5, 0.6) is 0 Å². The van der Waals surface area contributed by atoms with Gasteiger partial charge in [0, 0.05) is 30.4 Å². The van der Waals surface area contributed by atoms with Gasteiger partial charge in [-0.3, -0.25) is 9.48 Å². The number of aromatic amines is 1. The summed E-state index contributed by atoms with van der Waals surface area (Å²) in [5.41, 5.74) is 8.41. The molecular formula is C17H14FN7O. The molecule has 0 spiro atoms. The standard InChI is InChI=1S/C17H14FN7O/c1-25-8-11(6-22-25)13-3-9-2-10(5-21-16(9)23-13)17(26)24-14-4-12(19)7-20-15(14)18/h2-8H,19H2,1H3,(H,21,23)(H,24,26). The molecule has 9 heteroatoms. The summed E-state index contributed by atoms with van der Waals surface area (Å²) in [7, 11) is 1.83. The highest BCUT2D eigenvalue weighted by Crippen LogP contribution is 2.23. The Morgan fingerprint density at radius 2 is 2.08 bits per heavy atom. The van der Waals surface area contributed by atoms with E-state index in [1.54, 1.807) is 16.9 Å². The Bertz CT molecular complexity index is 1130. The maximum Gasteiger partial charge on any atom is 0.257 e. The van der Waals surface area contributed by atoms with Crippen molar-refractivity contribution in [3.63, 3.8) is 0 Å². The molecule has 0 aliphatic heterocycles. The Kier molecular flexibility index (Phi) is 3.61. The number of aromatic nitrogens is 5. The number of aryl methyl sites for hydroxylation is 1. The number of nitrogens with zero attached hydrogens (tertiary/aromatic N) is 4. The second-order valence-corrected chi connectivity index (χ2v) is 5.81. The third kappa shape index (κ3) is 2.86. The van der Waals surface area contributed by atoms with Gasteiger partial charge in [0.2, 0.25) is 5.95 Å². The summed E-state index contributed by atoms with van der Waals surface area (Å²) in [6.07, 6.45) is 6.19. The molecular weight excluding hydrogens is 337 g/mol. The van der Waals surface area contributed by atoms with E-state index in [9.17, 15) is 9.18 Å². The minimum atomic E-state index is -0.804. The lowest BCUT2D eigenvalue weighted by molar-refractivity contribution is 0.102. The van der Waals surface area contributed by atoms with E-state index in [0.717, 1.165) is 16.6 Å². The monoisotopic (exact) mass is 351 g/mol. The number of carbonyl (C=O) groups excluding carboxylic acids is 1. The zero-order chi connectivity index (χ0) is 18.3. The second kappa shape index (κ2) is 5.96. The molecule has 26 heavy (non-hydrogen) atoms. The topological polar surface area (TPSA) is 115 Å². The Labute approximate surface area is 146 Å². The van der Waals surface area contributed by atoms with Crippen molar-refractivity contribution >= 4 is 28.3 Å². The molecule has 4 aromatic heterocycles. The van der Waals surface area contributed by atoms with Crippen LogP contribution in [-0.2, 0) is 7.05 Å². The summed E-state index contributed by atoms with van der Waals surface area (Å²) in [5, 5.41) is 7.34. The SMILES string of the molecule is Cn1cc(-c2cc3cc(C(=O)Nc4cc(N)cnc4F)cnc3[nH]2)cn1. The van der Waals surface area contributed by atoms with E-state index >= 15 is 0 Å². The van der Waals surface area contributed by atoms with E-state index in [1.807, 2.05) is 19.3 Å². The van der Waals surface area contributed by atoms with E-state index in [1.165, 1.54) is 18.5 Å². The van der Waals surface area contributed by atoms with Gasteiger partial charge in [0.05, 0.1) is 35.0 Å². The van der Waals surface area contributed by atoms with E-state index < -0.39 is 11.9 Å². The number of nitrogens with one attached hydrogen (secondary N) is 2. The van der Waals surface area contributed by atoms with E-state index in [2.05, 4.69) is 25.4 Å². The quantitative estimate of drug-likeness (QED) is 0.490. The number of hydrogen-bond donors (Lipinski definition) is 3. The number of amides is 1. The molecule has 0 aliphatic rings. The molecule has 0 aliphatic carbocycles. The number of fused-ring (bicyclic) bond motifs is 1. The molecule has 0 fully saturated rings. The summed E-state index contributed by atoms with van der Waals surface area (Å²) in [4.78, 5) is 23.3. The highest BCUT2D eigenvalue weighted by molar-refractivity contribution is 6.06. The maximum atomic E-state index is 13.7. The molecule has 4 N–H and O–H groups in total. The fraction of sp³-hybridized carbons (Fsp3) is 0.0588. The van der Waals surface area contributed by atoms with Gasteiger partial charge < -0.3 is 16.0 Å². The minimum absolute atomic E-state index is 0.0831. The highest BCUT2D eigenvalue weighted by atomic mass is 19.1. The van der Waals surface area contributed by atoms with Crippen LogP contribution in [0.25, 0.3) is 22.3 Å². The van der Waals surface area contributed by atoms with Crippen LogP contribution >= 0.6 is 0 Å². The number of rotatable bonds is 3. The highest BCUT2D eigenvalue weighted by Gasteiger charge is 2.13. The minimum Gasteiger partial charge on any atom is -0.397 e. The van der Waals surface area contributed by atoms with Crippen molar-refractivity contribution in [1.29, 1.82) is 0 Å². The molecule has 0 radical (unpaired) electrons. The summed E-state index contributed by atoms with van der Waals surface area (Å²) >= 11 is 0. The first-order valence-corrected chi connectivity index (χ1v) is 7.70. The van der Waals surface area contributed by atoms with Crippen molar-refractivity contribution in [2.24, 2.45) is 7.05 Å². The number of nitrogens with two attached hydrogens (primary N) is 1. The van der Waals surface area contributed by atoms with Crippen molar-refractivity contribution in [3.8, 4) is 11.3 Å². The third-order valence-electron chi connectivity index (χ3n) is 3.86. The Morgan fingerprint density at radius 1 is 1.23 bits per heavy atom. The van der Waals surface area contributed by atoms with Crippen LogP contribution in [0.1, 0.15) is 10.4 Å². The molecule has 4 rings (SSSR count). The number of H-pyrrole nitrogens is 1. The molecule has 0 aromatic carbocycles. The largest absolute Gasteiger partial charge is 0.397 e. The summed E-state index contributed by atoms with van der Waals surface area (Å²) in [5.74, 6) is -1.31. The molecule has 4 aromatic rings. The molecule has 8 nitrogen and oxygen atoms in total. The smallest absolute Gasteiger partial charge is 0.257 e. The summed E-state index contributed by atoms with van der Waals surface area (Å²) in [6.45, 7) is 0. The number of carbonyl (C=O) groups is 1. The Morgan fingerprint density at radius 3 is 2.85 bits per heavy atom. The van der Waals surface area contributed by atoms with Crippen LogP contribution in [0.3, 0.4) is 0 Å².